The standard InChI is InChI=1S/C18H18N3OS/c1-13-2-5-15(6-3-13)23-18-11-22-9-8-21(18)14-4-7-16-17(10-14)20-12-19-16/h2-7,9-10,12,18H,8,11H2,1H3,(H,19,20). The lowest BCUT2D eigenvalue weighted by atomic mass is 10.2. The highest BCUT2D eigenvalue weighted by atomic mass is 32.2. The molecule has 4 rings (SSSR count). The van der Waals surface area contributed by atoms with E-state index in [4.69, 9.17) is 4.74 Å². The van der Waals surface area contributed by atoms with Gasteiger partial charge in [0.1, 0.15) is 12.0 Å². The molecule has 0 spiro atoms. The van der Waals surface area contributed by atoms with Gasteiger partial charge in [0.25, 0.3) is 0 Å². The summed E-state index contributed by atoms with van der Waals surface area (Å²) in [5, 5.41) is 0.249. The number of aromatic nitrogens is 2. The first-order valence-corrected chi connectivity index (χ1v) is 8.54. The summed E-state index contributed by atoms with van der Waals surface area (Å²) in [6.45, 7) is 5.44. The van der Waals surface area contributed by atoms with Gasteiger partial charge in [-0.25, -0.2) is 4.98 Å². The molecule has 0 bridgehead atoms. The van der Waals surface area contributed by atoms with Gasteiger partial charge in [-0.2, -0.15) is 0 Å². The number of hydrogen-bond acceptors (Lipinski definition) is 4. The summed E-state index contributed by atoms with van der Waals surface area (Å²) in [5.41, 5.74) is 4.51. The zero-order valence-electron chi connectivity index (χ0n) is 12.9. The highest BCUT2D eigenvalue weighted by molar-refractivity contribution is 8.00. The van der Waals surface area contributed by atoms with E-state index in [9.17, 15) is 0 Å². The minimum absolute atomic E-state index is 0.249. The average molecular weight is 324 g/mol. The molecule has 1 saturated heterocycles. The van der Waals surface area contributed by atoms with Crippen molar-refractivity contribution in [2.45, 2.75) is 17.2 Å². The number of H-pyrrole nitrogens is 1. The molecule has 117 valence electrons. The number of imidazole rings is 1. The van der Waals surface area contributed by atoms with Crippen molar-refractivity contribution in [1.29, 1.82) is 0 Å². The van der Waals surface area contributed by atoms with Crippen molar-refractivity contribution in [3.63, 3.8) is 0 Å². The third kappa shape index (κ3) is 3.07. The molecule has 4 nitrogen and oxygen atoms in total. The monoisotopic (exact) mass is 324 g/mol. The highest BCUT2D eigenvalue weighted by Crippen LogP contribution is 2.33. The Morgan fingerprint density at radius 2 is 2.09 bits per heavy atom. The number of aryl methyl sites for hydroxylation is 1. The molecule has 0 amide bonds. The molecule has 23 heavy (non-hydrogen) atoms. The van der Waals surface area contributed by atoms with Gasteiger partial charge < -0.3 is 14.6 Å². The number of nitrogens with zero attached hydrogens (tertiary/aromatic N) is 2. The summed E-state index contributed by atoms with van der Waals surface area (Å²) in [6.07, 6.45) is 1.73. The van der Waals surface area contributed by atoms with Crippen LogP contribution in [0.3, 0.4) is 0 Å². The van der Waals surface area contributed by atoms with Crippen molar-refractivity contribution < 1.29 is 4.74 Å². The van der Waals surface area contributed by atoms with Gasteiger partial charge in [0, 0.05) is 17.1 Å². The number of anilines is 1. The number of thioether (sulfide) groups is 1. The molecule has 2 heterocycles. The van der Waals surface area contributed by atoms with E-state index >= 15 is 0 Å². The molecule has 5 heteroatoms. The van der Waals surface area contributed by atoms with Gasteiger partial charge >= 0.3 is 0 Å². The maximum absolute atomic E-state index is 5.59. The van der Waals surface area contributed by atoms with Crippen molar-refractivity contribution in [1.82, 2.24) is 9.97 Å². The number of ether oxygens (including phenoxy) is 1. The lowest BCUT2D eigenvalue weighted by Crippen LogP contribution is -2.41. The molecular weight excluding hydrogens is 306 g/mol. The zero-order valence-corrected chi connectivity index (χ0v) is 13.7. The van der Waals surface area contributed by atoms with Crippen molar-refractivity contribution in [3.05, 3.63) is 61.0 Å². The Bertz CT molecular complexity index is 799. The van der Waals surface area contributed by atoms with Crippen LogP contribution in [0, 0.1) is 13.5 Å². The molecule has 0 saturated carbocycles. The van der Waals surface area contributed by atoms with E-state index in [0.29, 0.717) is 6.61 Å². The first-order chi connectivity index (χ1) is 11.3. The maximum atomic E-state index is 5.59. The third-order valence-electron chi connectivity index (χ3n) is 4.01. The van der Waals surface area contributed by atoms with Crippen LogP contribution in [0.5, 0.6) is 0 Å². The van der Waals surface area contributed by atoms with Gasteiger partial charge in [-0.1, -0.05) is 29.5 Å². The zero-order chi connectivity index (χ0) is 15.6. The first-order valence-electron chi connectivity index (χ1n) is 7.66. The Morgan fingerprint density at radius 3 is 2.96 bits per heavy atom. The van der Waals surface area contributed by atoms with E-state index in [1.807, 2.05) is 18.4 Å². The Morgan fingerprint density at radius 1 is 1.22 bits per heavy atom. The maximum Gasteiger partial charge on any atom is 0.103 e. The first kappa shape index (κ1) is 14.6. The fourth-order valence-electron chi connectivity index (χ4n) is 2.73. The van der Waals surface area contributed by atoms with E-state index in [1.165, 1.54) is 16.1 Å². The van der Waals surface area contributed by atoms with E-state index < -0.39 is 0 Å². The minimum Gasteiger partial charge on any atom is -0.371 e. The van der Waals surface area contributed by atoms with E-state index in [1.54, 1.807) is 6.33 Å². The van der Waals surface area contributed by atoms with Crippen LogP contribution >= 0.6 is 11.8 Å². The van der Waals surface area contributed by atoms with Crippen LogP contribution in [0.25, 0.3) is 11.0 Å². The summed E-state index contributed by atoms with van der Waals surface area (Å²) in [7, 11) is 0. The number of fused-ring (bicyclic) bond motifs is 1. The Kier molecular flexibility index (Phi) is 3.97. The minimum atomic E-state index is 0.249. The molecule has 1 unspecified atom stereocenters. The van der Waals surface area contributed by atoms with Crippen LogP contribution in [0.1, 0.15) is 5.56 Å². The molecule has 1 aliphatic heterocycles. The second-order valence-corrected chi connectivity index (χ2v) is 6.89. The molecule has 1 fully saturated rings. The van der Waals surface area contributed by atoms with Crippen molar-refractivity contribution in [2.75, 3.05) is 18.1 Å². The van der Waals surface area contributed by atoms with Crippen LogP contribution in [0.4, 0.5) is 5.69 Å². The second kappa shape index (κ2) is 6.26. The number of aromatic amines is 1. The Labute approximate surface area is 139 Å². The topological polar surface area (TPSA) is 41.1 Å². The van der Waals surface area contributed by atoms with Crippen LogP contribution < -0.4 is 4.90 Å². The van der Waals surface area contributed by atoms with Crippen LogP contribution in [0.15, 0.2) is 53.7 Å². The number of benzene rings is 2. The van der Waals surface area contributed by atoms with Gasteiger partial charge in [-0.15, -0.1) is 0 Å². The molecule has 2 aromatic carbocycles. The van der Waals surface area contributed by atoms with E-state index in [0.717, 1.165) is 17.6 Å². The summed E-state index contributed by atoms with van der Waals surface area (Å²) in [6, 6.07) is 15.0. The number of rotatable bonds is 3. The van der Waals surface area contributed by atoms with E-state index in [-0.39, 0.29) is 5.37 Å². The molecule has 1 N–H and O–H groups in total. The Balaban J connectivity index is 1.60. The van der Waals surface area contributed by atoms with Crippen molar-refractivity contribution in [3.8, 4) is 0 Å². The quantitative estimate of drug-likeness (QED) is 0.791. The van der Waals surface area contributed by atoms with Gasteiger partial charge in [-0.3, -0.25) is 0 Å². The molecule has 1 radical (unpaired) electrons. The fourth-order valence-corrected chi connectivity index (χ4v) is 3.82. The molecule has 3 aromatic rings. The molecular formula is C18H18N3OS. The third-order valence-corrected chi connectivity index (χ3v) is 5.21. The lowest BCUT2D eigenvalue weighted by Gasteiger charge is -2.36. The van der Waals surface area contributed by atoms with Gasteiger partial charge in [0.05, 0.1) is 24.0 Å². The molecule has 1 atom stereocenters. The van der Waals surface area contributed by atoms with Crippen molar-refractivity contribution >= 4 is 28.5 Å². The van der Waals surface area contributed by atoms with Gasteiger partial charge in [0.2, 0.25) is 0 Å². The molecule has 0 aliphatic carbocycles. The summed E-state index contributed by atoms with van der Waals surface area (Å²) < 4.78 is 5.59. The predicted molar refractivity (Wildman–Crippen MR) is 94.5 cm³/mol. The van der Waals surface area contributed by atoms with Gasteiger partial charge in [0.15, 0.2) is 0 Å². The predicted octanol–water partition coefficient (Wildman–Crippen LogP) is 3.99. The fraction of sp³-hybridized carbons (Fsp3) is 0.222. The summed E-state index contributed by atoms with van der Waals surface area (Å²) in [4.78, 5) is 11.1. The highest BCUT2D eigenvalue weighted by Gasteiger charge is 2.25. The SMILES string of the molecule is Cc1ccc(SC2CO[CH]CN2c2ccc3[nH]cnc3c2)cc1. The van der Waals surface area contributed by atoms with Crippen LogP contribution in [0.2, 0.25) is 0 Å². The van der Waals surface area contributed by atoms with Crippen LogP contribution in [-0.4, -0.2) is 28.5 Å². The Hall–Kier alpha value is -1.98. The van der Waals surface area contributed by atoms with Crippen molar-refractivity contribution in [2.24, 2.45) is 0 Å². The number of nitrogens with one attached hydrogen (secondary N) is 1. The second-order valence-electron chi connectivity index (χ2n) is 5.64. The summed E-state index contributed by atoms with van der Waals surface area (Å²) in [5.74, 6) is 0. The lowest BCUT2D eigenvalue weighted by molar-refractivity contribution is 0.172. The van der Waals surface area contributed by atoms with Gasteiger partial charge in [-0.05, 0) is 37.3 Å². The number of hydrogen-bond donors (Lipinski definition) is 1. The normalized spacial score (nSPS) is 18.5. The largest absolute Gasteiger partial charge is 0.371 e. The number of morpholine rings is 1. The average Bonchev–Trinajstić information content (AvgIpc) is 3.05. The molecule has 1 aromatic heterocycles. The van der Waals surface area contributed by atoms with Crippen LogP contribution in [-0.2, 0) is 4.74 Å². The van der Waals surface area contributed by atoms with E-state index in [2.05, 4.69) is 64.3 Å². The molecule has 1 aliphatic rings. The summed E-state index contributed by atoms with van der Waals surface area (Å²) >= 11 is 1.84. The smallest absolute Gasteiger partial charge is 0.103 e.